The van der Waals surface area contributed by atoms with E-state index >= 15 is 0 Å². The van der Waals surface area contributed by atoms with E-state index in [9.17, 15) is 9.18 Å². The molecule has 7 heteroatoms. The first-order valence-electron chi connectivity index (χ1n) is 5.83. The number of primary amides is 1. The predicted octanol–water partition coefficient (Wildman–Crippen LogP) is 2.54. The minimum atomic E-state index is -0.658. The first-order chi connectivity index (χ1) is 9.49. The van der Waals surface area contributed by atoms with Crippen LogP contribution in [0.15, 0.2) is 30.3 Å². The fourth-order valence-corrected chi connectivity index (χ4v) is 2.09. The highest BCUT2D eigenvalue weighted by atomic mass is 35.5. The van der Waals surface area contributed by atoms with Crippen molar-refractivity contribution in [1.29, 1.82) is 0 Å². The smallest absolute Gasteiger partial charge is 0.269 e. The van der Waals surface area contributed by atoms with Gasteiger partial charge < -0.3 is 11.1 Å². The van der Waals surface area contributed by atoms with Gasteiger partial charge >= 0.3 is 0 Å². The van der Waals surface area contributed by atoms with Gasteiger partial charge in [-0.2, -0.15) is 0 Å². The first kappa shape index (κ1) is 14.2. The second-order valence-corrected chi connectivity index (χ2v) is 4.58. The maximum Gasteiger partial charge on any atom is 0.269 e. The number of carbonyl (C=O) groups excluding carboxylic acids is 1. The van der Waals surface area contributed by atoms with E-state index in [1.165, 1.54) is 18.2 Å². The number of nitrogens with one attached hydrogen (secondary N) is 1. The van der Waals surface area contributed by atoms with Gasteiger partial charge in [-0.1, -0.05) is 17.7 Å². The van der Waals surface area contributed by atoms with Crippen molar-refractivity contribution in [3.05, 3.63) is 52.4 Å². The Morgan fingerprint density at radius 1 is 1.35 bits per heavy atom. The second-order valence-electron chi connectivity index (χ2n) is 4.17. The third-order valence-electron chi connectivity index (χ3n) is 2.71. The molecule has 2 aromatic rings. The Labute approximate surface area is 120 Å². The van der Waals surface area contributed by atoms with E-state index in [1.807, 2.05) is 0 Å². The molecule has 1 amide bonds. The van der Waals surface area contributed by atoms with Gasteiger partial charge in [-0.15, -0.1) is 10.2 Å². The van der Waals surface area contributed by atoms with Gasteiger partial charge in [0, 0.05) is 10.6 Å². The third-order valence-corrected chi connectivity index (χ3v) is 3.04. The lowest BCUT2D eigenvalue weighted by atomic mass is 10.1. The first-order valence-corrected chi connectivity index (χ1v) is 6.21. The highest BCUT2D eigenvalue weighted by Crippen LogP contribution is 2.27. The maximum absolute atomic E-state index is 13.8. The van der Waals surface area contributed by atoms with Crippen molar-refractivity contribution in [2.75, 3.05) is 5.32 Å². The molecule has 0 fully saturated rings. The summed E-state index contributed by atoms with van der Waals surface area (Å²) in [4.78, 5) is 10.9. The number of hydrogen-bond acceptors (Lipinski definition) is 4. The molecule has 0 aliphatic rings. The number of benzene rings is 1. The lowest BCUT2D eigenvalue weighted by molar-refractivity contribution is 0.0994. The molecule has 0 radical (unpaired) electrons. The molecule has 104 valence electrons. The Kier molecular flexibility index (Phi) is 4.14. The molecule has 0 saturated carbocycles. The van der Waals surface area contributed by atoms with Crippen molar-refractivity contribution in [3.8, 4) is 0 Å². The van der Waals surface area contributed by atoms with Crippen LogP contribution >= 0.6 is 11.6 Å². The summed E-state index contributed by atoms with van der Waals surface area (Å²) in [5.41, 5.74) is 5.47. The molecule has 1 aromatic carbocycles. The number of rotatable bonds is 4. The fraction of sp³-hybridized carbons (Fsp3) is 0.154. The van der Waals surface area contributed by atoms with Crippen LogP contribution in [0.2, 0.25) is 5.02 Å². The largest absolute Gasteiger partial charge is 0.364 e. The standard InChI is InChI=1S/C13H12ClFN4O/c1-7(12-8(14)3-2-4-9(12)15)17-11-6-5-10(13(16)20)18-19-11/h2-7H,1H3,(H2,16,20)(H,17,19). The normalized spacial score (nSPS) is 11.9. The summed E-state index contributed by atoms with van der Waals surface area (Å²) in [6.07, 6.45) is 0. The van der Waals surface area contributed by atoms with E-state index in [0.29, 0.717) is 16.4 Å². The van der Waals surface area contributed by atoms with Gasteiger partial charge in [0.15, 0.2) is 5.69 Å². The Morgan fingerprint density at radius 3 is 2.65 bits per heavy atom. The predicted molar refractivity (Wildman–Crippen MR) is 74.0 cm³/mol. The minimum Gasteiger partial charge on any atom is -0.364 e. The third kappa shape index (κ3) is 3.03. The Balaban J connectivity index is 2.19. The van der Waals surface area contributed by atoms with Crippen molar-refractivity contribution in [2.45, 2.75) is 13.0 Å². The van der Waals surface area contributed by atoms with Gasteiger partial charge in [-0.3, -0.25) is 4.79 Å². The van der Waals surface area contributed by atoms with Crippen LogP contribution in [0, 0.1) is 5.82 Å². The lowest BCUT2D eigenvalue weighted by Gasteiger charge is -2.16. The molecule has 1 atom stereocenters. The van der Waals surface area contributed by atoms with Gasteiger partial charge in [0.25, 0.3) is 5.91 Å². The summed E-state index contributed by atoms with van der Waals surface area (Å²) < 4.78 is 13.8. The number of aromatic nitrogens is 2. The van der Waals surface area contributed by atoms with E-state index in [1.54, 1.807) is 19.1 Å². The summed E-state index contributed by atoms with van der Waals surface area (Å²) in [5, 5.41) is 10.7. The molecule has 0 saturated heterocycles. The average Bonchev–Trinajstić information content (AvgIpc) is 2.39. The topological polar surface area (TPSA) is 80.9 Å². The Morgan fingerprint density at radius 2 is 2.10 bits per heavy atom. The van der Waals surface area contributed by atoms with Gasteiger partial charge in [0.2, 0.25) is 0 Å². The van der Waals surface area contributed by atoms with E-state index < -0.39 is 17.8 Å². The van der Waals surface area contributed by atoms with Gasteiger partial charge in [0.05, 0.1) is 6.04 Å². The van der Waals surface area contributed by atoms with E-state index in [-0.39, 0.29) is 5.69 Å². The number of hydrogen-bond donors (Lipinski definition) is 2. The van der Waals surface area contributed by atoms with Crippen LogP contribution in [-0.4, -0.2) is 16.1 Å². The number of nitrogens with two attached hydrogens (primary N) is 1. The molecule has 20 heavy (non-hydrogen) atoms. The van der Waals surface area contributed by atoms with Crippen molar-refractivity contribution in [1.82, 2.24) is 10.2 Å². The van der Waals surface area contributed by atoms with E-state index in [4.69, 9.17) is 17.3 Å². The summed E-state index contributed by atoms with van der Waals surface area (Å²) in [6, 6.07) is 7.06. The van der Waals surface area contributed by atoms with E-state index in [0.717, 1.165) is 0 Å². The number of carbonyl (C=O) groups is 1. The van der Waals surface area contributed by atoms with Crippen LogP contribution in [-0.2, 0) is 0 Å². The minimum absolute atomic E-state index is 0.0622. The molecule has 0 bridgehead atoms. The molecule has 2 rings (SSSR count). The molecule has 1 unspecified atom stereocenters. The van der Waals surface area contributed by atoms with Crippen molar-refractivity contribution in [2.24, 2.45) is 5.73 Å². The zero-order valence-corrected chi connectivity index (χ0v) is 11.4. The number of amides is 1. The summed E-state index contributed by atoms with van der Waals surface area (Å²) >= 11 is 5.98. The van der Waals surface area contributed by atoms with Crippen LogP contribution < -0.4 is 11.1 Å². The number of nitrogens with zero attached hydrogens (tertiary/aromatic N) is 2. The maximum atomic E-state index is 13.8. The van der Waals surface area contributed by atoms with Crippen molar-refractivity contribution >= 4 is 23.3 Å². The molecule has 3 N–H and O–H groups in total. The summed E-state index contributed by atoms with van der Waals surface area (Å²) in [6.45, 7) is 1.74. The summed E-state index contributed by atoms with van der Waals surface area (Å²) in [7, 11) is 0. The zero-order valence-electron chi connectivity index (χ0n) is 10.6. The number of anilines is 1. The molecule has 0 spiro atoms. The van der Waals surface area contributed by atoms with Crippen molar-refractivity contribution in [3.63, 3.8) is 0 Å². The second kappa shape index (κ2) is 5.83. The SMILES string of the molecule is CC(Nc1ccc(C(N)=O)nn1)c1c(F)cccc1Cl. The molecule has 1 aromatic heterocycles. The molecule has 0 aliphatic carbocycles. The molecular formula is C13H12ClFN4O. The average molecular weight is 295 g/mol. The Bertz CT molecular complexity index is 613. The van der Waals surface area contributed by atoms with Crippen LogP contribution in [0.5, 0.6) is 0 Å². The number of halogens is 2. The van der Waals surface area contributed by atoms with Gasteiger partial charge in [-0.05, 0) is 31.2 Å². The Hall–Kier alpha value is -2.21. The molecule has 5 nitrogen and oxygen atoms in total. The zero-order chi connectivity index (χ0) is 14.7. The van der Waals surface area contributed by atoms with Crippen LogP contribution in [0.4, 0.5) is 10.2 Å². The molecule has 1 heterocycles. The highest BCUT2D eigenvalue weighted by molar-refractivity contribution is 6.31. The quantitative estimate of drug-likeness (QED) is 0.908. The van der Waals surface area contributed by atoms with Crippen LogP contribution in [0.1, 0.15) is 29.0 Å². The lowest BCUT2D eigenvalue weighted by Crippen LogP contribution is -2.15. The fourth-order valence-electron chi connectivity index (χ4n) is 1.76. The monoisotopic (exact) mass is 294 g/mol. The van der Waals surface area contributed by atoms with Gasteiger partial charge in [-0.25, -0.2) is 4.39 Å². The van der Waals surface area contributed by atoms with Gasteiger partial charge in [0.1, 0.15) is 11.6 Å². The summed E-state index contributed by atoms with van der Waals surface area (Å²) in [5.74, 6) is -0.671. The van der Waals surface area contributed by atoms with E-state index in [2.05, 4.69) is 15.5 Å². The molecule has 0 aliphatic heterocycles. The van der Waals surface area contributed by atoms with Crippen molar-refractivity contribution < 1.29 is 9.18 Å². The highest BCUT2D eigenvalue weighted by Gasteiger charge is 2.15. The van der Waals surface area contributed by atoms with Crippen LogP contribution in [0.25, 0.3) is 0 Å². The molecular weight excluding hydrogens is 283 g/mol. The van der Waals surface area contributed by atoms with Crippen LogP contribution in [0.3, 0.4) is 0 Å².